The molecule has 1 unspecified atom stereocenters. The number of hydrogen-bond donors (Lipinski definition) is 1. The zero-order valence-corrected chi connectivity index (χ0v) is 9.81. The maximum Gasteiger partial charge on any atom is 0.369 e. The molecule has 1 N–H and O–H groups in total. The van der Waals surface area contributed by atoms with Gasteiger partial charge in [0.1, 0.15) is 6.10 Å². The van der Waals surface area contributed by atoms with Crippen molar-refractivity contribution < 1.29 is 24.4 Å². The number of hydrogen-bond acceptors (Lipinski definition) is 5. The highest BCUT2D eigenvalue weighted by Crippen LogP contribution is 2.37. The Kier molecular flexibility index (Phi) is 3.35. The minimum Gasteiger partial charge on any atom is -0.465 e. The second-order valence-electron chi connectivity index (χ2n) is 3.70. The summed E-state index contributed by atoms with van der Waals surface area (Å²) in [6, 6.07) is 6.91. The lowest BCUT2D eigenvalue weighted by Crippen LogP contribution is -2.38. The lowest BCUT2D eigenvalue weighted by atomic mass is 10.0. The van der Waals surface area contributed by atoms with Crippen molar-refractivity contribution in [1.82, 2.24) is 0 Å². The molecule has 0 radical (unpaired) electrons. The van der Waals surface area contributed by atoms with Crippen molar-refractivity contribution >= 4 is 17.6 Å². The quantitative estimate of drug-likeness (QED) is 0.645. The van der Waals surface area contributed by atoms with Gasteiger partial charge in [0, 0.05) is 11.4 Å². The fourth-order valence-electron chi connectivity index (χ4n) is 1.61. The summed E-state index contributed by atoms with van der Waals surface area (Å²) in [4.78, 5) is 20.8. The summed E-state index contributed by atoms with van der Waals surface area (Å²) in [6.45, 7) is 0. The van der Waals surface area contributed by atoms with E-state index in [1.807, 2.05) is 0 Å². The molecule has 0 aliphatic carbocycles. The van der Waals surface area contributed by atoms with Crippen LogP contribution in [0, 0.1) is 0 Å². The van der Waals surface area contributed by atoms with E-state index in [4.69, 9.17) is 16.5 Å². The maximum absolute atomic E-state index is 11.3. The van der Waals surface area contributed by atoms with Crippen LogP contribution in [0.2, 0.25) is 5.02 Å². The summed E-state index contributed by atoms with van der Waals surface area (Å²) in [5.41, 5.74) is 0.720. The van der Waals surface area contributed by atoms with Crippen LogP contribution in [0.15, 0.2) is 24.3 Å². The third-order valence-corrected chi connectivity index (χ3v) is 2.72. The number of benzene rings is 1. The predicted molar refractivity (Wildman–Crippen MR) is 57.9 cm³/mol. The molecule has 0 bridgehead atoms. The van der Waals surface area contributed by atoms with E-state index in [0.29, 0.717) is 5.02 Å². The Morgan fingerprint density at radius 2 is 2.41 bits per heavy atom. The molecule has 92 valence electrons. The van der Waals surface area contributed by atoms with Crippen LogP contribution in [0.5, 0.6) is 0 Å². The molecule has 1 aromatic carbocycles. The average Bonchev–Trinajstić information content (AvgIpc) is 2.72. The van der Waals surface area contributed by atoms with E-state index >= 15 is 0 Å². The van der Waals surface area contributed by atoms with Crippen LogP contribution in [-0.4, -0.2) is 24.0 Å². The predicted octanol–water partition coefficient (Wildman–Crippen LogP) is 1.59. The third kappa shape index (κ3) is 2.42. The van der Waals surface area contributed by atoms with E-state index in [2.05, 4.69) is 9.62 Å². The van der Waals surface area contributed by atoms with Gasteiger partial charge in [-0.1, -0.05) is 23.7 Å². The van der Waals surface area contributed by atoms with Crippen LogP contribution in [0.3, 0.4) is 0 Å². The molecule has 0 aromatic heterocycles. The fourth-order valence-corrected chi connectivity index (χ4v) is 1.81. The van der Waals surface area contributed by atoms with Crippen LogP contribution in [0.4, 0.5) is 0 Å². The van der Waals surface area contributed by atoms with Crippen molar-refractivity contribution in [3.05, 3.63) is 34.9 Å². The number of carbonyl (C=O) groups excluding carboxylic acids is 1. The van der Waals surface area contributed by atoms with Gasteiger partial charge in [0.2, 0.25) is 0 Å². The lowest BCUT2D eigenvalue weighted by molar-refractivity contribution is -0.369. The molecule has 0 saturated carbocycles. The number of ether oxygens (including phenoxy) is 1. The van der Waals surface area contributed by atoms with Crippen LogP contribution in [0.1, 0.15) is 18.1 Å². The molecule has 1 heterocycles. The summed E-state index contributed by atoms with van der Waals surface area (Å²) >= 11 is 5.83. The average molecular weight is 259 g/mol. The van der Waals surface area contributed by atoms with Gasteiger partial charge in [-0.3, -0.25) is 0 Å². The Bertz CT molecular complexity index is 436. The van der Waals surface area contributed by atoms with E-state index in [0.717, 1.165) is 12.7 Å². The number of halogens is 1. The minimum atomic E-state index is -2.05. The minimum absolute atomic E-state index is 0.0417. The monoisotopic (exact) mass is 258 g/mol. The van der Waals surface area contributed by atoms with Crippen molar-refractivity contribution in [2.75, 3.05) is 7.11 Å². The Hall–Kier alpha value is -1.14. The van der Waals surface area contributed by atoms with Gasteiger partial charge in [0.15, 0.2) is 0 Å². The Balaban J connectivity index is 2.15. The van der Waals surface area contributed by atoms with Gasteiger partial charge >= 0.3 is 11.8 Å². The molecule has 6 heteroatoms. The first kappa shape index (κ1) is 12.3. The topological polar surface area (TPSA) is 65.0 Å². The number of esters is 1. The van der Waals surface area contributed by atoms with Gasteiger partial charge in [-0.15, -0.1) is 0 Å². The summed E-state index contributed by atoms with van der Waals surface area (Å²) in [6.07, 6.45) is -0.599. The lowest BCUT2D eigenvalue weighted by Gasteiger charge is -2.14. The largest absolute Gasteiger partial charge is 0.465 e. The van der Waals surface area contributed by atoms with E-state index in [1.165, 1.54) is 0 Å². The molecule has 1 saturated heterocycles. The van der Waals surface area contributed by atoms with Crippen molar-refractivity contribution in [1.29, 1.82) is 0 Å². The highest BCUT2D eigenvalue weighted by Gasteiger charge is 2.49. The van der Waals surface area contributed by atoms with Gasteiger partial charge in [0.25, 0.3) is 0 Å². The highest BCUT2D eigenvalue weighted by atomic mass is 35.5. The normalized spacial score (nSPS) is 28.1. The molecule has 1 fully saturated rings. The van der Waals surface area contributed by atoms with Crippen molar-refractivity contribution in [3.8, 4) is 0 Å². The van der Waals surface area contributed by atoms with Gasteiger partial charge in [0.05, 0.1) is 7.11 Å². The van der Waals surface area contributed by atoms with E-state index in [9.17, 15) is 9.90 Å². The molecule has 1 aliphatic heterocycles. The molecule has 2 atom stereocenters. The standard InChI is InChI=1S/C11H11ClO5/c1-15-10(13)11(14)6-9(16-17-11)7-3-2-4-8(12)5-7/h2-5,9,14H,6H2,1H3/t9-,11?/m0/s1. The van der Waals surface area contributed by atoms with Crippen molar-refractivity contribution in [2.24, 2.45) is 0 Å². The molecule has 0 amide bonds. The maximum atomic E-state index is 11.3. The van der Waals surface area contributed by atoms with E-state index < -0.39 is 17.9 Å². The van der Waals surface area contributed by atoms with E-state index in [1.54, 1.807) is 24.3 Å². The van der Waals surface area contributed by atoms with E-state index in [-0.39, 0.29) is 6.42 Å². The van der Waals surface area contributed by atoms with Crippen LogP contribution < -0.4 is 0 Å². The Morgan fingerprint density at radius 1 is 1.65 bits per heavy atom. The molecule has 1 aromatic rings. The van der Waals surface area contributed by atoms with Crippen molar-refractivity contribution in [2.45, 2.75) is 18.3 Å². The highest BCUT2D eigenvalue weighted by molar-refractivity contribution is 6.30. The Labute approximate surface area is 103 Å². The third-order valence-electron chi connectivity index (χ3n) is 2.49. The molecular formula is C11H11ClO5. The van der Waals surface area contributed by atoms with Gasteiger partial charge in [-0.2, -0.15) is 4.89 Å². The van der Waals surface area contributed by atoms with Gasteiger partial charge in [-0.25, -0.2) is 9.68 Å². The first-order chi connectivity index (χ1) is 8.05. The number of methoxy groups -OCH3 is 1. The number of carbonyl (C=O) groups is 1. The molecule has 2 rings (SSSR count). The van der Waals surface area contributed by atoms with Crippen molar-refractivity contribution in [3.63, 3.8) is 0 Å². The summed E-state index contributed by atoms with van der Waals surface area (Å²) in [5.74, 6) is -2.94. The summed E-state index contributed by atoms with van der Waals surface area (Å²) in [7, 11) is 1.16. The first-order valence-electron chi connectivity index (χ1n) is 4.96. The molecule has 1 aliphatic rings. The zero-order chi connectivity index (χ0) is 12.5. The second-order valence-corrected chi connectivity index (χ2v) is 4.14. The van der Waals surface area contributed by atoms with Crippen LogP contribution in [0.25, 0.3) is 0 Å². The van der Waals surface area contributed by atoms with Crippen LogP contribution >= 0.6 is 11.6 Å². The Morgan fingerprint density at radius 3 is 3.06 bits per heavy atom. The first-order valence-corrected chi connectivity index (χ1v) is 5.34. The second kappa shape index (κ2) is 4.62. The fraction of sp³-hybridized carbons (Fsp3) is 0.364. The molecular weight excluding hydrogens is 248 g/mol. The van der Waals surface area contributed by atoms with Crippen LogP contribution in [-0.2, 0) is 19.3 Å². The smallest absolute Gasteiger partial charge is 0.369 e. The number of aliphatic hydroxyl groups is 1. The number of rotatable bonds is 2. The zero-order valence-electron chi connectivity index (χ0n) is 9.05. The summed E-state index contributed by atoms with van der Waals surface area (Å²) < 4.78 is 4.43. The molecule has 5 nitrogen and oxygen atoms in total. The summed E-state index contributed by atoms with van der Waals surface area (Å²) in [5, 5.41) is 10.3. The molecule has 17 heavy (non-hydrogen) atoms. The molecule has 0 spiro atoms. The van der Waals surface area contributed by atoms with Gasteiger partial charge in [-0.05, 0) is 17.7 Å². The van der Waals surface area contributed by atoms with Gasteiger partial charge < -0.3 is 9.84 Å². The SMILES string of the molecule is COC(=O)C1(O)C[C@@H](c2cccc(Cl)c2)OO1.